The number of hydrogen-bond donors (Lipinski definition) is 3. The molecule has 7 nitrogen and oxygen atoms in total. The van der Waals surface area contributed by atoms with E-state index in [1.165, 1.54) is 0 Å². The molecular weight excluding hydrogens is 432 g/mol. The SMILES string of the molecule is CCC[C@@H](CC(=O)O)NC(=O)[C@@H](NC(=O)OCC1c2ccccc2-c2ccccc21)[C@@H](C)CC. The fourth-order valence-corrected chi connectivity index (χ4v) is 4.54. The maximum absolute atomic E-state index is 13.0. The van der Waals surface area contributed by atoms with Crippen LogP contribution in [0.15, 0.2) is 48.5 Å². The molecule has 2 aromatic rings. The lowest BCUT2D eigenvalue weighted by molar-refractivity contribution is -0.137. The standard InChI is InChI=1S/C27H34N2O5/c1-4-10-18(15-24(30)31)28-26(32)25(17(3)5-2)29-27(33)34-16-23-21-13-8-6-11-19(21)20-12-7-9-14-22(20)23/h6-9,11-14,17-18,23,25H,4-5,10,15-16H2,1-3H3,(H,28,32)(H,29,33)(H,30,31)/t17-,18-,25-/m0/s1. The molecule has 0 heterocycles. The number of carbonyl (C=O) groups excluding carboxylic acids is 2. The van der Waals surface area contributed by atoms with Crippen LogP contribution in [0.5, 0.6) is 0 Å². The first kappa shape index (κ1) is 25.3. The van der Waals surface area contributed by atoms with Gasteiger partial charge in [0, 0.05) is 12.0 Å². The molecular formula is C27H34N2O5. The van der Waals surface area contributed by atoms with E-state index in [4.69, 9.17) is 9.84 Å². The molecule has 0 saturated heterocycles. The fourth-order valence-electron chi connectivity index (χ4n) is 4.54. The number of amides is 2. The second-order valence-corrected chi connectivity index (χ2v) is 8.93. The van der Waals surface area contributed by atoms with Crippen LogP contribution in [0.3, 0.4) is 0 Å². The van der Waals surface area contributed by atoms with Crippen molar-refractivity contribution in [1.82, 2.24) is 10.6 Å². The van der Waals surface area contributed by atoms with Crippen LogP contribution in [0.4, 0.5) is 4.79 Å². The van der Waals surface area contributed by atoms with Crippen LogP contribution < -0.4 is 10.6 Å². The van der Waals surface area contributed by atoms with Crippen molar-refractivity contribution in [2.45, 2.75) is 64.5 Å². The first-order chi connectivity index (χ1) is 16.3. The summed E-state index contributed by atoms with van der Waals surface area (Å²) in [5.41, 5.74) is 4.52. The Labute approximate surface area is 200 Å². The van der Waals surface area contributed by atoms with E-state index in [0.29, 0.717) is 12.8 Å². The summed E-state index contributed by atoms with van der Waals surface area (Å²) < 4.78 is 5.61. The highest BCUT2D eigenvalue weighted by atomic mass is 16.5. The van der Waals surface area contributed by atoms with E-state index in [2.05, 4.69) is 22.8 Å². The molecule has 0 aromatic heterocycles. The molecule has 0 spiro atoms. The van der Waals surface area contributed by atoms with Gasteiger partial charge in [-0.25, -0.2) is 4.79 Å². The third-order valence-electron chi connectivity index (χ3n) is 6.52. The maximum Gasteiger partial charge on any atom is 0.407 e. The van der Waals surface area contributed by atoms with Crippen molar-refractivity contribution in [2.24, 2.45) is 5.92 Å². The molecule has 3 N–H and O–H groups in total. The van der Waals surface area contributed by atoms with E-state index in [1.807, 2.05) is 57.2 Å². The molecule has 3 rings (SSSR count). The van der Waals surface area contributed by atoms with Gasteiger partial charge in [0.25, 0.3) is 0 Å². The fraction of sp³-hybridized carbons (Fsp3) is 0.444. The summed E-state index contributed by atoms with van der Waals surface area (Å²) in [7, 11) is 0. The largest absolute Gasteiger partial charge is 0.481 e. The van der Waals surface area contributed by atoms with Crippen LogP contribution in [0.25, 0.3) is 11.1 Å². The summed E-state index contributed by atoms with van der Waals surface area (Å²) in [6.07, 6.45) is 1.15. The lowest BCUT2D eigenvalue weighted by Gasteiger charge is -2.26. The number of rotatable bonds is 11. The lowest BCUT2D eigenvalue weighted by atomic mass is 9.97. The highest BCUT2D eigenvalue weighted by Crippen LogP contribution is 2.44. The van der Waals surface area contributed by atoms with Gasteiger partial charge in [-0.1, -0.05) is 82.1 Å². The molecule has 0 aliphatic heterocycles. The Morgan fingerprint density at radius 3 is 2.09 bits per heavy atom. The highest BCUT2D eigenvalue weighted by Gasteiger charge is 2.31. The summed E-state index contributed by atoms with van der Waals surface area (Å²) in [6.45, 7) is 5.90. The highest BCUT2D eigenvalue weighted by molar-refractivity contribution is 5.86. The van der Waals surface area contributed by atoms with Crippen molar-refractivity contribution in [2.75, 3.05) is 6.61 Å². The zero-order valence-electron chi connectivity index (χ0n) is 20.0. The molecule has 1 aliphatic rings. The van der Waals surface area contributed by atoms with Gasteiger partial charge >= 0.3 is 12.1 Å². The van der Waals surface area contributed by atoms with Gasteiger partial charge in [-0.3, -0.25) is 9.59 Å². The topological polar surface area (TPSA) is 105 Å². The number of carbonyl (C=O) groups is 3. The number of aliphatic carboxylic acids is 1. The molecule has 7 heteroatoms. The first-order valence-corrected chi connectivity index (χ1v) is 12.0. The van der Waals surface area contributed by atoms with Crippen molar-refractivity contribution in [3.8, 4) is 11.1 Å². The minimum Gasteiger partial charge on any atom is -0.481 e. The van der Waals surface area contributed by atoms with Gasteiger partial charge in [-0.15, -0.1) is 0 Å². The second-order valence-electron chi connectivity index (χ2n) is 8.93. The molecule has 0 saturated carbocycles. The Morgan fingerprint density at radius 1 is 0.971 bits per heavy atom. The molecule has 2 amide bonds. The van der Waals surface area contributed by atoms with Gasteiger partial charge in [0.05, 0.1) is 6.42 Å². The smallest absolute Gasteiger partial charge is 0.407 e. The molecule has 1 aliphatic carbocycles. The second kappa shape index (κ2) is 11.7. The molecule has 0 unspecified atom stereocenters. The van der Waals surface area contributed by atoms with Crippen molar-refractivity contribution in [3.63, 3.8) is 0 Å². The number of alkyl carbamates (subject to hydrolysis) is 1. The van der Waals surface area contributed by atoms with Crippen molar-refractivity contribution >= 4 is 18.0 Å². The van der Waals surface area contributed by atoms with Gasteiger partial charge in [0.15, 0.2) is 0 Å². The van der Waals surface area contributed by atoms with Crippen molar-refractivity contribution < 1.29 is 24.2 Å². The number of hydrogen-bond acceptors (Lipinski definition) is 4. The van der Waals surface area contributed by atoms with Crippen molar-refractivity contribution in [1.29, 1.82) is 0 Å². The average Bonchev–Trinajstić information content (AvgIpc) is 3.14. The molecule has 3 atom stereocenters. The quantitative estimate of drug-likeness (QED) is 0.445. The van der Waals surface area contributed by atoms with Crippen molar-refractivity contribution in [3.05, 3.63) is 59.7 Å². The minimum absolute atomic E-state index is 0.0708. The average molecular weight is 467 g/mol. The maximum atomic E-state index is 13.0. The third-order valence-corrected chi connectivity index (χ3v) is 6.52. The van der Waals surface area contributed by atoms with E-state index in [0.717, 1.165) is 28.7 Å². The van der Waals surface area contributed by atoms with Crippen LogP contribution in [-0.4, -0.2) is 41.8 Å². The Balaban J connectivity index is 1.66. The van der Waals surface area contributed by atoms with Gasteiger partial charge in [-0.2, -0.15) is 0 Å². The van der Waals surface area contributed by atoms with E-state index in [1.54, 1.807) is 0 Å². The van der Waals surface area contributed by atoms with Gasteiger partial charge in [-0.05, 0) is 34.6 Å². The zero-order valence-corrected chi connectivity index (χ0v) is 20.0. The summed E-state index contributed by atoms with van der Waals surface area (Å²) in [5, 5.41) is 14.7. The van der Waals surface area contributed by atoms with Gasteiger partial charge < -0.3 is 20.5 Å². The van der Waals surface area contributed by atoms with E-state index < -0.39 is 24.1 Å². The lowest BCUT2D eigenvalue weighted by Crippen LogP contribution is -2.53. The van der Waals surface area contributed by atoms with E-state index in [9.17, 15) is 14.4 Å². The first-order valence-electron chi connectivity index (χ1n) is 12.0. The monoisotopic (exact) mass is 466 g/mol. The van der Waals surface area contributed by atoms with Gasteiger partial charge in [0.2, 0.25) is 5.91 Å². The number of carboxylic acids is 1. The summed E-state index contributed by atoms with van der Waals surface area (Å²) >= 11 is 0. The Kier molecular flexibility index (Phi) is 8.68. The van der Waals surface area contributed by atoms with Crippen LogP contribution in [0.1, 0.15) is 63.5 Å². The Hall–Kier alpha value is -3.35. The number of ether oxygens (including phenoxy) is 1. The summed E-state index contributed by atoms with van der Waals surface area (Å²) in [6, 6.07) is 14.9. The summed E-state index contributed by atoms with van der Waals surface area (Å²) in [5.74, 6) is -1.57. The molecule has 0 radical (unpaired) electrons. The third kappa shape index (κ3) is 5.95. The van der Waals surface area contributed by atoms with Crippen LogP contribution >= 0.6 is 0 Å². The predicted octanol–water partition coefficient (Wildman–Crippen LogP) is 4.70. The Bertz CT molecular complexity index is 976. The number of benzene rings is 2. The number of nitrogens with one attached hydrogen (secondary N) is 2. The summed E-state index contributed by atoms with van der Waals surface area (Å²) in [4.78, 5) is 36.8. The molecule has 182 valence electrons. The van der Waals surface area contributed by atoms with Crippen LogP contribution in [-0.2, 0) is 14.3 Å². The minimum atomic E-state index is -0.969. The number of carboxylic acid groups (broad SMARTS) is 1. The van der Waals surface area contributed by atoms with E-state index >= 15 is 0 Å². The molecule has 2 aromatic carbocycles. The molecule has 0 bridgehead atoms. The van der Waals surface area contributed by atoms with Crippen LogP contribution in [0, 0.1) is 5.92 Å². The normalized spacial score (nSPS) is 14.9. The van der Waals surface area contributed by atoms with Gasteiger partial charge in [0.1, 0.15) is 12.6 Å². The van der Waals surface area contributed by atoms with E-state index in [-0.39, 0.29) is 30.8 Å². The predicted molar refractivity (Wildman–Crippen MR) is 131 cm³/mol. The van der Waals surface area contributed by atoms with Crippen LogP contribution in [0.2, 0.25) is 0 Å². The zero-order chi connectivity index (χ0) is 24.7. The number of fused-ring (bicyclic) bond motifs is 3. The Morgan fingerprint density at radius 2 is 1.56 bits per heavy atom. The molecule has 34 heavy (non-hydrogen) atoms. The molecule has 0 fully saturated rings.